The maximum absolute atomic E-state index is 14.1. The summed E-state index contributed by atoms with van der Waals surface area (Å²) < 4.78 is 35.6. The lowest BCUT2D eigenvalue weighted by atomic mass is 10.0. The van der Waals surface area contributed by atoms with Crippen LogP contribution in [-0.2, 0) is 14.8 Å². The molecule has 0 aliphatic carbocycles. The number of sulfonamides is 1. The van der Waals surface area contributed by atoms with Crippen molar-refractivity contribution in [2.75, 3.05) is 9.21 Å². The Morgan fingerprint density at radius 3 is 1.89 bits per heavy atom. The molecule has 4 aromatic rings. The summed E-state index contributed by atoms with van der Waals surface area (Å²) in [6, 6.07) is 33.5. The number of rotatable bonds is 7. The molecule has 7 heteroatoms. The van der Waals surface area contributed by atoms with Crippen LogP contribution in [0, 0.1) is 6.92 Å². The molecule has 176 valence electrons. The zero-order chi connectivity index (χ0) is 24.4. The Labute approximate surface area is 205 Å². The zero-order valence-corrected chi connectivity index (χ0v) is 19.9. The molecule has 4 aromatic carbocycles. The van der Waals surface area contributed by atoms with Crippen LogP contribution in [0.3, 0.4) is 0 Å². The molecule has 1 saturated heterocycles. The highest BCUT2D eigenvalue weighted by molar-refractivity contribution is 7.92. The monoisotopic (exact) mass is 484 g/mol. The summed E-state index contributed by atoms with van der Waals surface area (Å²) >= 11 is 0. The molecular weight excluding hydrogens is 460 g/mol. The van der Waals surface area contributed by atoms with Crippen molar-refractivity contribution < 1.29 is 17.9 Å². The average Bonchev–Trinajstić information content (AvgIpc) is 2.89. The van der Waals surface area contributed by atoms with Crippen LogP contribution in [-0.4, -0.2) is 26.6 Å². The van der Waals surface area contributed by atoms with Gasteiger partial charge in [-0.15, -0.1) is 0 Å². The van der Waals surface area contributed by atoms with Gasteiger partial charge in [0.05, 0.1) is 10.6 Å². The van der Waals surface area contributed by atoms with Gasteiger partial charge in [-0.05, 0) is 55.5 Å². The first kappa shape index (κ1) is 22.7. The van der Waals surface area contributed by atoms with E-state index >= 15 is 0 Å². The van der Waals surface area contributed by atoms with Gasteiger partial charge in [-0.3, -0.25) is 9.69 Å². The third-order valence-electron chi connectivity index (χ3n) is 5.89. The number of ether oxygens (including phenoxy) is 1. The lowest BCUT2D eigenvalue weighted by molar-refractivity contribution is -0.134. The van der Waals surface area contributed by atoms with Gasteiger partial charge in [-0.25, -0.2) is 12.7 Å². The highest BCUT2D eigenvalue weighted by Gasteiger charge is 2.56. The minimum absolute atomic E-state index is 0.137. The van der Waals surface area contributed by atoms with Gasteiger partial charge < -0.3 is 4.74 Å². The number of para-hydroxylation sites is 3. The third-order valence-corrected chi connectivity index (χ3v) is 7.70. The van der Waals surface area contributed by atoms with E-state index in [1.165, 1.54) is 9.21 Å². The van der Waals surface area contributed by atoms with Crippen molar-refractivity contribution in [3.8, 4) is 5.75 Å². The number of benzene rings is 4. The highest BCUT2D eigenvalue weighted by Crippen LogP contribution is 2.38. The number of carbonyl (C=O) groups excluding carboxylic acids is 1. The second-order valence-electron chi connectivity index (χ2n) is 8.26. The number of β-lactam (4-membered cyclic amide) rings is 1. The Balaban J connectivity index is 1.65. The first-order valence-corrected chi connectivity index (χ1v) is 12.7. The van der Waals surface area contributed by atoms with Crippen LogP contribution < -0.4 is 13.9 Å². The number of carbonyl (C=O) groups is 1. The molecule has 1 fully saturated rings. The van der Waals surface area contributed by atoms with E-state index in [9.17, 15) is 13.2 Å². The van der Waals surface area contributed by atoms with Gasteiger partial charge in [0.25, 0.3) is 15.9 Å². The Hall–Kier alpha value is -4.10. The van der Waals surface area contributed by atoms with Crippen molar-refractivity contribution >= 4 is 27.3 Å². The van der Waals surface area contributed by atoms with E-state index in [2.05, 4.69) is 0 Å². The molecule has 2 unspecified atom stereocenters. The molecule has 35 heavy (non-hydrogen) atoms. The molecule has 1 aliphatic rings. The minimum atomic E-state index is -4.06. The van der Waals surface area contributed by atoms with Gasteiger partial charge in [0, 0.05) is 5.69 Å². The predicted molar refractivity (Wildman–Crippen MR) is 136 cm³/mol. The third kappa shape index (κ3) is 4.26. The van der Waals surface area contributed by atoms with E-state index in [0.717, 1.165) is 5.56 Å². The Kier molecular flexibility index (Phi) is 6.01. The van der Waals surface area contributed by atoms with Crippen molar-refractivity contribution in [2.24, 2.45) is 0 Å². The van der Waals surface area contributed by atoms with Gasteiger partial charge in [0.2, 0.25) is 6.10 Å². The lowest BCUT2D eigenvalue weighted by Crippen LogP contribution is -2.74. The number of nitrogens with zero attached hydrogens (tertiary/aromatic N) is 2. The number of amides is 1. The van der Waals surface area contributed by atoms with Gasteiger partial charge in [0.15, 0.2) is 6.17 Å². The van der Waals surface area contributed by atoms with E-state index in [4.69, 9.17) is 4.74 Å². The molecule has 0 saturated carbocycles. The average molecular weight is 485 g/mol. The van der Waals surface area contributed by atoms with Crippen LogP contribution in [0.15, 0.2) is 120 Å². The molecule has 5 rings (SSSR count). The molecule has 1 aliphatic heterocycles. The highest BCUT2D eigenvalue weighted by atomic mass is 32.2. The van der Waals surface area contributed by atoms with Gasteiger partial charge in [-0.2, -0.15) is 0 Å². The molecule has 0 aromatic heterocycles. The minimum Gasteiger partial charge on any atom is -0.476 e. The summed E-state index contributed by atoms with van der Waals surface area (Å²) in [5, 5.41) is 0. The van der Waals surface area contributed by atoms with Crippen molar-refractivity contribution in [2.45, 2.75) is 24.1 Å². The van der Waals surface area contributed by atoms with Crippen LogP contribution in [0.5, 0.6) is 5.75 Å². The molecular formula is C28H24N2O4S. The summed E-state index contributed by atoms with van der Waals surface area (Å²) in [5.74, 6) is 0.175. The fourth-order valence-electron chi connectivity index (χ4n) is 4.13. The molecule has 0 spiro atoms. The van der Waals surface area contributed by atoms with Crippen molar-refractivity contribution in [3.63, 3.8) is 0 Å². The molecule has 1 amide bonds. The Morgan fingerprint density at radius 2 is 1.29 bits per heavy atom. The Morgan fingerprint density at radius 1 is 0.743 bits per heavy atom. The predicted octanol–water partition coefficient (Wildman–Crippen LogP) is 5.01. The summed E-state index contributed by atoms with van der Waals surface area (Å²) in [5.41, 5.74) is 1.98. The zero-order valence-electron chi connectivity index (χ0n) is 19.1. The first-order valence-electron chi connectivity index (χ1n) is 11.2. The van der Waals surface area contributed by atoms with Crippen LogP contribution in [0.2, 0.25) is 0 Å². The molecule has 2 atom stereocenters. The summed E-state index contributed by atoms with van der Waals surface area (Å²) in [7, 11) is -4.06. The number of hydrogen-bond donors (Lipinski definition) is 0. The van der Waals surface area contributed by atoms with Crippen LogP contribution in [0.4, 0.5) is 11.4 Å². The van der Waals surface area contributed by atoms with Gasteiger partial charge in [0.1, 0.15) is 5.75 Å². The SMILES string of the molecule is Cc1ccc(S(=O)(=O)N(c2ccccc2)C2C(Oc3ccccc3)C(=O)N2c2ccccc2)cc1. The number of aryl methyl sites for hydroxylation is 1. The second kappa shape index (κ2) is 9.27. The standard InChI is InChI=1S/C28H24N2O4S/c1-21-17-19-25(20-18-21)35(32,33)30(23-13-7-3-8-14-23)27-26(34-24-15-9-4-10-16-24)28(31)29(27)22-11-5-2-6-12-22/h2-20,26-27H,1H3. The van der Waals surface area contributed by atoms with Crippen molar-refractivity contribution in [1.29, 1.82) is 0 Å². The summed E-state index contributed by atoms with van der Waals surface area (Å²) in [4.78, 5) is 15.0. The number of anilines is 2. The van der Waals surface area contributed by atoms with Crippen molar-refractivity contribution in [3.05, 3.63) is 121 Å². The van der Waals surface area contributed by atoms with E-state index in [1.807, 2.05) is 37.3 Å². The lowest BCUT2D eigenvalue weighted by Gasteiger charge is -2.50. The smallest absolute Gasteiger partial charge is 0.274 e. The fraction of sp³-hybridized carbons (Fsp3) is 0.107. The molecule has 0 bridgehead atoms. The maximum Gasteiger partial charge on any atom is 0.274 e. The second-order valence-corrected chi connectivity index (χ2v) is 10.1. The van der Waals surface area contributed by atoms with E-state index < -0.39 is 22.3 Å². The quantitative estimate of drug-likeness (QED) is 0.346. The number of hydrogen-bond acceptors (Lipinski definition) is 4. The first-order chi connectivity index (χ1) is 17.0. The summed E-state index contributed by atoms with van der Waals surface area (Å²) in [6.07, 6.45) is -1.96. The van der Waals surface area contributed by atoms with E-state index in [-0.39, 0.29) is 10.8 Å². The topological polar surface area (TPSA) is 66.9 Å². The van der Waals surface area contributed by atoms with Gasteiger partial charge in [-0.1, -0.05) is 72.3 Å². The largest absolute Gasteiger partial charge is 0.476 e. The van der Waals surface area contributed by atoms with E-state index in [0.29, 0.717) is 17.1 Å². The van der Waals surface area contributed by atoms with Crippen molar-refractivity contribution in [1.82, 2.24) is 0 Å². The molecule has 0 N–H and O–H groups in total. The normalized spacial score (nSPS) is 17.5. The van der Waals surface area contributed by atoms with Crippen LogP contribution in [0.25, 0.3) is 0 Å². The van der Waals surface area contributed by atoms with E-state index in [1.54, 1.807) is 84.9 Å². The molecule has 1 heterocycles. The summed E-state index contributed by atoms with van der Waals surface area (Å²) in [6.45, 7) is 1.90. The maximum atomic E-state index is 14.1. The van der Waals surface area contributed by atoms with Crippen LogP contribution >= 0.6 is 0 Å². The van der Waals surface area contributed by atoms with Gasteiger partial charge >= 0.3 is 0 Å². The molecule has 0 radical (unpaired) electrons. The van der Waals surface area contributed by atoms with Crippen LogP contribution in [0.1, 0.15) is 5.56 Å². The fourth-order valence-corrected chi connectivity index (χ4v) is 5.73. The molecule has 6 nitrogen and oxygen atoms in total. The Bertz CT molecular complexity index is 1410.